The number of carbonyl (C=O) groups is 3. The van der Waals surface area contributed by atoms with Crippen molar-refractivity contribution in [2.45, 2.75) is 19.1 Å². The fraction of sp³-hybridized carbons (Fsp3) is 0.625. The van der Waals surface area contributed by atoms with Crippen LogP contribution in [0.5, 0.6) is 0 Å². The molecule has 0 rings (SSSR count). The summed E-state index contributed by atoms with van der Waals surface area (Å²) in [4.78, 5) is 32.0. The van der Waals surface area contributed by atoms with Crippen LogP contribution in [0.4, 0.5) is 0 Å². The van der Waals surface area contributed by atoms with Crippen LogP contribution in [-0.4, -0.2) is 40.1 Å². The van der Waals surface area contributed by atoms with E-state index in [1.807, 2.05) is 0 Å². The summed E-state index contributed by atoms with van der Waals surface area (Å²) in [6.07, 6.45) is -1.24. The Hall–Kier alpha value is -1.12. The molecular formula is C8H12NO6S-. The van der Waals surface area contributed by atoms with E-state index in [9.17, 15) is 24.6 Å². The van der Waals surface area contributed by atoms with Gasteiger partial charge in [-0.15, -0.1) is 0 Å². The van der Waals surface area contributed by atoms with E-state index >= 15 is 0 Å². The lowest BCUT2D eigenvalue weighted by molar-refractivity contribution is -0.449. The molecule has 0 aromatic heterocycles. The number of aliphatic carboxylic acids is 2. The van der Waals surface area contributed by atoms with Crippen LogP contribution in [-0.2, 0) is 14.4 Å². The molecule has 0 aliphatic heterocycles. The number of quaternary nitrogens is 1. The maximum atomic E-state index is 11.0. The van der Waals surface area contributed by atoms with Crippen molar-refractivity contribution in [2.24, 2.45) is 5.92 Å². The van der Waals surface area contributed by atoms with Crippen molar-refractivity contribution in [1.29, 1.82) is 0 Å². The van der Waals surface area contributed by atoms with Crippen LogP contribution in [0, 0.1) is 5.92 Å². The van der Waals surface area contributed by atoms with Crippen molar-refractivity contribution in [1.82, 2.24) is 0 Å². The van der Waals surface area contributed by atoms with Crippen molar-refractivity contribution in [3.8, 4) is 0 Å². The van der Waals surface area contributed by atoms with E-state index in [1.165, 1.54) is 6.92 Å². The van der Waals surface area contributed by atoms with Gasteiger partial charge >= 0.3 is 0 Å². The zero-order chi connectivity index (χ0) is 12.9. The minimum absolute atomic E-state index is 0.325. The number of rotatable bonds is 6. The number of hydrogen-bond acceptors (Lipinski definition) is 7. The smallest absolute Gasteiger partial charge is 0.217 e. The maximum Gasteiger partial charge on any atom is 0.217 e. The second-order valence-corrected chi connectivity index (χ2v) is 4.18. The van der Waals surface area contributed by atoms with Gasteiger partial charge in [0.2, 0.25) is 5.12 Å². The van der Waals surface area contributed by atoms with Gasteiger partial charge in [0.25, 0.3) is 0 Å². The molecule has 0 amide bonds. The minimum atomic E-state index is -1.63. The van der Waals surface area contributed by atoms with Crippen molar-refractivity contribution in [3.05, 3.63) is 0 Å². The Bertz CT molecular complexity index is 292. The van der Waals surface area contributed by atoms with Crippen molar-refractivity contribution >= 4 is 28.8 Å². The van der Waals surface area contributed by atoms with Crippen LogP contribution in [0.3, 0.4) is 0 Å². The average Bonchev–Trinajstić information content (AvgIpc) is 2.16. The highest BCUT2D eigenvalue weighted by atomic mass is 32.2. The van der Waals surface area contributed by atoms with Gasteiger partial charge in [0.1, 0.15) is 12.1 Å². The zero-order valence-corrected chi connectivity index (χ0v) is 9.36. The summed E-state index contributed by atoms with van der Waals surface area (Å²) < 4.78 is 0. The highest BCUT2D eigenvalue weighted by Crippen LogP contribution is 2.13. The van der Waals surface area contributed by atoms with E-state index < -0.39 is 35.1 Å². The molecule has 0 bridgehead atoms. The van der Waals surface area contributed by atoms with Crippen molar-refractivity contribution in [3.63, 3.8) is 0 Å². The first-order valence-electron chi connectivity index (χ1n) is 4.36. The Morgan fingerprint density at radius 2 is 1.81 bits per heavy atom. The van der Waals surface area contributed by atoms with Gasteiger partial charge in [-0.1, -0.05) is 11.8 Å². The Morgan fingerprint density at radius 1 is 1.31 bits per heavy atom. The molecule has 0 heterocycles. The first kappa shape index (κ1) is 14.9. The number of carboxylic acids is 2. The van der Waals surface area contributed by atoms with Crippen LogP contribution in [0.1, 0.15) is 6.92 Å². The highest BCUT2D eigenvalue weighted by molar-refractivity contribution is 8.13. The van der Waals surface area contributed by atoms with Gasteiger partial charge in [-0.05, 0) is 6.92 Å². The van der Waals surface area contributed by atoms with Crippen LogP contribution in [0.25, 0.3) is 0 Å². The third kappa shape index (κ3) is 4.60. The third-order valence-corrected chi connectivity index (χ3v) is 2.99. The van der Waals surface area contributed by atoms with Crippen LogP contribution < -0.4 is 15.9 Å². The number of thioether (sulfide) groups is 1. The minimum Gasteiger partial charge on any atom is -0.550 e. The van der Waals surface area contributed by atoms with E-state index in [1.54, 1.807) is 0 Å². The van der Waals surface area contributed by atoms with E-state index in [0.717, 1.165) is 0 Å². The first-order chi connectivity index (χ1) is 7.27. The largest absolute Gasteiger partial charge is 0.550 e. The van der Waals surface area contributed by atoms with E-state index in [0.29, 0.717) is 11.8 Å². The standard InChI is InChI=1S/C8H13NO6S/c1-3(10)8(15)16-2-4(6(11)12)5(9)7(13)14/h3-5,10H,2,9H2,1H3,(H,11,12)(H,13,14)/p-1/t3-,4?,5?/m1/s1. The van der Waals surface area contributed by atoms with Gasteiger partial charge in [-0.3, -0.25) is 4.79 Å². The van der Waals surface area contributed by atoms with E-state index in [2.05, 4.69) is 5.73 Å². The number of aliphatic hydroxyl groups excluding tert-OH is 1. The Balaban J connectivity index is 4.42. The fourth-order valence-corrected chi connectivity index (χ4v) is 1.76. The molecule has 2 unspecified atom stereocenters. The summed E-state index contributed by atoms with van der Waals surface area (Å²) in [6, 6.07) is -1.50. The third-order valence-electron chi connectivity index (χ3n) is 1.84. The molecule has 7 nitrogen and oxygen atoms in total. The van der Waals surface area contributed by atoms with Gasteiger partial charge in [-0.25, -0.2) is 0 Å². The normalized spacial score (nSPS) is 16.2. The molecule has 8 heteroatoms. The Kier molecular flexibility index (Phi) is 6.01. The molecule has 3 atom stereocenters. The number of hydrogen-bond donors (Lipinski definition) is 2. The van der Waals surface area contributed by atoms with Crippen LogP contribution in [0.15, 0.2) is 0 Å². The highest BCUT2D eigenvalue weighted by Gasteiger charge is 2.25. The molecule has 0 aliphatic carbocycles. The van der Waals surface area contributed by atoms with Gasteiger partial charge in [0.15, 0.2) is 0 Å². The van der Waals surface area contributed by atoms with Gasteiger partial charge in [0, 0.05) is 5.75 Å². The van der Waals surface area contributed by atoms with Gasteiger partial charge < -0.3 is 30.6 Å². The topological polar surface area (TPSA) is 145 Å². The molecule has 92 valence electrons. The monoisotopic (exact) mass is 250 g/mol. The average molecular weight is 250 g/mol. The zero-order valence-electron chi connectivity index (χ0n) is 8.54. The molecule has 4 N–H and O–H groups in total. The molecule has 0 spiro atoms. The lowest BCUT2D eigenvalue weighted by Crippen LogP contribution is -2.73. The first-order valence-corrected chi connectivity index (χ1v) is 5.35. The lowest BCUT2D eigenvalue weighted by atomic mass is 10.0. The summed E-state index contributed by atoms with van der Waals surface area (Å²) in [7, 11) is 0. The second-order valence-electron chi connectivity index (χ2n) is 3.16. The lowest BCUT2D eigenvalue weighted by Gasteiger charge is -2.22. The fourth-order valence-electron chi connectivity index (χ4n) is 0.805. The van der Waals surface area contributed by atoms with Crippen molar-refractivity contribution < 1.29 is 35.4 Å². The predicted molar refractivity (Wildman–Crippen MR) is 49.3 cm³/mol. The molecule has 0 saturated carbocycles. The number of aliphatic hydroxyl groups is 1. The summed E-state index contributed by atoms with van der Waals surface area (Å²) in [6.45, 7) is 1.23. The Labute approximate surface area is 95.6 Å². The van der Waals surface area contributed by atoms with Crippen LogP contribution >= 0.6 is 11.8 Å². The van der Waals surface area contributed by atoms with Crippen LogP contribution in [0.2, 0.25) is 0 Å². The van der Waals surface area contributed by atoms with Gasteiger partial charge in [-0.2, -0.15) is 0 Å². The van der Waals surface area contributed by atoms with Gasteiger partial charge in [0.05, 0.1) is 17.9 Å². The predicted octanol–water partition coefficient (Wildman–Crippen LogP) is -4.65. The summed E-state index contributed by atoms with van der Waals surface area (Å²) in [5, 5.41) is 29.2. The molecule has 0 saturated heterocycles. The summed E-state index contributed by atoms with van der Waals surface area (Å²) in [5.41, 5.74) is 3.11. The summed E-state index contributed by atoms with van der Waals surface area (Å²) in [5.74, 6) is -5.00. The summed E-state index contributed by atoms with van der Waals surface area (Å²) >= 11 is 0.526. The SMILES string of the molecule is C[C@@H](O)C(=O)SCC(C(=O)[O-])C([NH3+])C(=O)[O-]. The Morgan fingerprint density at radius 3 is 2.12 bits per heavy atom. The second kappa shape index (κ2) is 6.46. The maximum absolute atomic E-state index is 11.0. The molecule has 0 aromatic carbocycles. The molecular weight excluding hydrogens is 238 g/mol. The molecule has 0 aliphatic rings. The molecule has 0 radical (unpaired) electrons. The molecule has 0 fully saturated rings. The van der Waals surface area contributed by atoms with E-state index in [-0.39, 0.29) is 5.75 Å². The quantitative estimate of drug-likeness (QED) is 0.482. The van der Waals surface area contributed by atoms with Crippen molar-refractivity contribution in [2.75, 3.05) is 5.75 Å². The van der Waals surface area contributed by atoms with E-state index in [4.69, 9.17) is 5.11 Å². The molecule has 16 heavy (non-hydrogen) atoms. The molecule has 0 aromatic rings. The number of carboxylic acid groups (broad SMARTS) is 2. The number of carbonyl (C=O) groups excluding carboxylic acids is 3.